The molecule has 0 aliphatic rings. The van der Waals surface area contributed by atoms with Crippen molar-refractivity contribution in [3.63, 3.8) is 0 Å². The van der Waals surface area contributed by atoms with Gasteiger partial charge in [0.15, 0.2) is 11.5 Å². The number of hydrogen-bond donors (Lipinski definition) is 2. The van der Waals surface area contributed by atoms with Gasteiger partial charge < -0.3 is 10.4 Å². The first-order valence-corrected chi connectivity index (χ1v) is 7.03. The van der Waals surface area contributed by atoms with E-state index in [2.05, 4.69) is 20.6 Å². The lowest BCUT2D eigenvalue weighted by Crippen LogP contribution is -2.31. The maximum absolute atomic E-state index is 9.25. The summed E-state index contributed by atoms with van der Waals surface area (Å²) in [5.74, 6) is 1.51. The second kappa shape index (κ2) is 5.53. The number of nitrogens with one attached hydrogen (secondary N) is 1. The summed E-state index contributed by atoms with van der Waals surface area (Å²) in [4.78, 5) is 0. The molecule has 0 fully saturated rings. The molecule has 98 valence electrons. The maximum atomic E-state index is 9.25. The van der Waals surface area contributed by atoms with Crippen molar-refractivity contribution in [3.8, 4) is 0 Å². The van der Waals surface area contributed by atoms with Crippen LogP contribution in [0.4, 0.5) is 5.82 Å². The van der Waals surface area contributed by atoms with Gasteiger partial charge in [0, 0.05) is 11.3 Å². The molecular weight excluding hydrogens is 250 g/mol. The van der Waals surface area contributed by atoms with Crippen molar-refractivity contribution in [1.82, 2.24) is 19.8 Å². The Morgan fingerprint density at radius 3 is 2.89 bits per heavy atom. The molecule has 2 atom stereocenters. The van der Waals surface area contributed by atoms with E-state index >= 15 is 0 Å². The summed E-state index contributed by atoms with van der Waals surface area (Å²) < 4.78 is 1.70. The number of aromatic nitrogens is 4. The molecule has 0 amide bonds. The van der Waals surface area contributed by atoms with E-state index in [1.54, 1.807) is 16.3 Å². The maximum Gasteiger partial charge on any atom is 0.178 e. The predicted molar refractivity (Wildman–Crippen MR) is 73.0 cm³/mol. The van der Waals surface area contributed by atoms with Crippen LogP contribution in [0.15, 0.2) is 12.1 Å². The molecule has 0 spiro atoms. The van der Waals surface area contributed by atoms with Crippen molar-refractivity contribution in [3.05, 3.63) is 18.0 Å². The van der Waals surface area contributed by atoms with Crippen molar-refractivity contribution in [2.75, 3.05) is 18.2 Å². The fraction of sp³-hybridized carbons (Fsp3) is 0.545. The highest BCUT2D eigenvalue weighted by Crippen LogP contribution is 2.15. The summed E-state index contributed by atoms with van der Waals surface area (Å²) in [5, 5.41) is 25.0. The fourth-order valence-corrected chi connectivity index (χ4v) is 2.36. The van der Waals surface area contributed by atoms with E-state index in [-0.39, 0.29) is 17.9 Å². The minimum Gasteiger partial charge on any atom is -0.395 e. The molecule has 0 aliphatic heterocycles. The van der Waals surface area contributed by atoms with Gasteiger partial charge in [0.2, 0.25) is 0 Å². The number of fused-ring (bicyclic) bond motifs is 1. The minimum atomic E-state index is 0.131. The smallest absolute Gasteiger partial charge is 0.178 e. The molecule has 0 aromatic carbocycles. The van der Waals surface area contributed by atoms with Gasteiger partial charge in [-0.15, -0.1) is 15.3 Å². The van der Waals surface area contributed by atoms with Crippen LogP contribution in [0.1, 0.15) is 12.7 Å². The van der Waals surface area contributed by atoms with E-state index in [1.807, 2.05) is 32.2 Å². The first-order chi connectivity index (χ1) is 8.65. The molecule has 0 bridgehead atoms. The molecule has 18 heavy (non-hydrogen) atoms. The molecule has 0 saturated heterocycles. The molecule has 7 heteroatoms. The van der Waals surface area contributed by atoms with Crippen molar-refractivity contribution in [2.45, 2.75) is 25.1 Å². The van der Waals surface area contributed by atoms with E-state index in [9.17, 15) is 5.11 Å². The number of thioether (sulfide) groups is 1. The van der Waals surface area contributed by atoms with Gasteiger partial charge in [0.25, 0.3) is 0 Å². The van der Waals surface area contributed by atoms with Crippen LogP contribution < -0.4 is 5.32 Å². The number of anilines is 1. The van der Waals surface area contributed by atoms with Gasteiger partial charge in [-0.05, 0) is 32.2 Å². The normalized spacial score (nSPS) is 14.7. The van der Waals surface area contributed by atoms with Gasteiger partial charge >= 0.3 is 0 Å². The van der Waals surface area contributed by atoms with Crippen molar-refractivity contribution in [2.24, 2.45) is 0 Å². The quantitative estimate of drug-likeness (QED) is 0.840. The molecule has 2 rings (SSSR count). The molecular formula is C11H17N5OS. The number of aliphatic hydroxyl groups is 1. The molecule has 2 N–H and O–H groups in total. The van der Waals surface area contributed by atoms with Crippen LogP contribution in [-0.4, -0.2) is 49.1 Å². The number of aryl methyl sites for hydroxylation is 1. The predicted octanol–water partition coefficient (Wildman–Crippen LogP) is 0.957. The Bertz CT molecular complexity index is 525. The van der Waals surface area contributed by atoms with Gasteiger partial charge in [-0.3, -0.25) is 0 Å². The summed E-state index contributed by atoms with van der Waals surface area (Å²) >= 11 is 1.63. The average Bonchev–Trinajstić information content (AvgIpc) is 2.73. The third kappa shape index (κ3) is 2.56. The second-order valence-electron chi connectivity index (χ2n) is 4.13. The van der Waals surface area contributed by atoms with Crippen molar-refractivity contribution in [1.29, 1.82) is 0 Å². The number of nitrogens with zero attached hydrogens (tertiary/aromatic N) is 4. The van der Waals surface area contributed by atoms with E-state index in [0.29, 0.717) is 0 Å². The molecule has 2 aromatic rings. The van der Waals surface area contributed by atoms with Crippen LogP contribution in [-0.2, 0) is 0 Å². The molecule has 0 radical (unpaired) electrons. The first-order valence-electron chi connectivity index (χ1n) is 5.75. The lowest BCUT2D eigenvalue weighted by Gasteiger charge is -2.21. The largest absolute Gasteiger partial charge is 0.395 e. The zero-order valence-electron chi connectivity index (χ0n) is 10.7. The Morgan fingerprint density at radius 1 is 1.44 bits per heavy atom. The van der Waals surface area contributed by atoms with E-state index in [1.165, 1.54) is 0 Å². The summed E-state index contributed by atoms with van der Waals surface area (Å²) in [6.45, 7) is 4.03. The number of aliphatic hydroxyl groups excluding tert-OH is 1. The van der Waals surface area contributed by atoms with Crippen molar-refractivity contribution < 1.29 is 5.11 Å². The molecule has 6 nitrogen and oxygen atoms in total. The minimum absolute atomic E-state index is 0.131. The fourth-order valence-electron chi connectivity index (χ4n) is 1.74. The Hall–Kier alpha value is -1.34. The number of rotatable bonds is 5. The van der Waals surface area contributed by atoms with Gasteiger partial charge in [-0.1, -0.05) is 0 Å². The van der Waals surface area contributed by atoms with Gasteiger partial charge in [0.05, 0.1) is 6.61 Å². The lowest BCUT2D eigenvalue weighted by molar-refractivity contribution is 0.288. The molecule has 0 unspecified atom stereocenters. The third-order valence-electron chi connectivity index (χ3n) is 2.83. The molecule has 2 heterocycles. The Kier molecular flexibility index (Phi) is 4.03. The summed E-state index contributed by atoms with van der Waals surface area (Å²) in [6.07, 6.45) is 1.99. The van der Waals surface area contributed by atoms with Gasteiger partial charge in [-0.25, -0.2) is 0 Å². The van der Waals surface area contributed by atoms with Crippen LogP contribution in [0.2, 0.25) is 0 Å². The Morgan fingerprint density at radius 2 is 2.22 bits per heavy atom. The van der Waals surface area contributed by atoms with Crippen LogP contribution in [0.5, 0.6) is 0 Å². The molecule has 0 saturated carbocycles. The van der Waals surface area contributed by atoms with Crippen LogP contribution in [0, 0.1) is 6.92 Å². The Balaban J connectivity index is 2.18. The standard InChI is InChI=1S/C11H17N5OS/c1-7(9(6-17)18-3)12-10-4-5-11-14-13-8(2)16(11)15-10/h4-5,7,9,17H,6H2,1-3H3,(H,12,15)/t7-,9-/m0/s1. The zero-order chi connectivity index (χ0) is 13.1. The van der Waals surface area contributed by atoms with E-state index < -0.39 is 0 Å². The van der Waals surface area contributed by atoms with Gasteiger partial charge in [0.1, 0.15) is 5.82 Å². The van der Waals surface area contributed by atoms with E-state index in [0.717, 1.165) is 17.3 Å². The van der Waals surface area contributed by atoms with Crippen LogP contribution >= 0.6 is 11.8 Å². The highest BCUT2D eigenvalue weighted by molar-refractivity contribution is 7.99. The van der Waals surface area contributed by atoms with Crippen molar-refractivity contribution >= 4 is 23.2 Å². The SMILES string of the molecule is CS[C@@H](CO)[C@H](C)Nc1ccc2nnc(C)n2n1. The second-order valence-corrected chi connectivity index (χ2v) is 5.20. The summed E-state index contributed by atoms with van der Waals surface area (Å²) in [5.41, 5.74) is 0.731. The highest BCUT2D eigenvalue weighted by Gasteiger charge is 2.15. The van der Waals surface area contributed by atoms with E-state index in [4.69, 9.17) is 0 Å². The average molecular weight is 267 g/mol. The zero-order valence-corrected chi connectivity index (χ0v) is 11.5. The number of hydrogen-bond acceptors (Lipinski definition) is 6. The summed E-state index contributed by atoms with van der Waals surface area (Å²) in [6, 6.07) is 3.87. The highest BCUT2D eigenvalue weighted by atomic mass is 32.2. The van der Waals surface area contributed by atoms with Gasteiger partial charge in [-0.2, -0.15) is 16.3 Å². The molecule has 0 aliphatic carbocycles. The Labute approximate surface area is 110 Å². The topological polar surface area (TPSA) is 75.3 Å². The first kappa shape index (κ1) is 13.1. The summed E-state index contributed by atoms with van der Waals surface area (Å²) in [7, 11) is 0. The lowest BCUT2D eigenvalue weighted by atomic mass is 10.2. The monoisotopic (exact) mass is 267 g/mol. The van der Waals surface area contributed by atoms with Crippen LogP contribution in [0.25, 0.3) is 5.65 Å². The third-order valence-corrected chi connectivity index (χ3v) is 4.00. The molecule has 2 aromatic heterocycles. The van der Waals surface area contributed by atoms with Crippen LogP contribution in [0.3, 0.4) is 0 Å².